The average molecular weight is 272 g/mol. The van der Waals surface area contributed by atoms with Crippen molar-refractivity contribution in [3.05, 3.63) is 36.0 Å². The van der Waals surface area contributed by atoms with E-state index in [4.69, 9.17) is 5.11 Å². The molecule has 1 fully saturated rings. The summed E-state index contributed by atoms with van der Waals surface area (Å²) >= 11 is 0. The molecule has 104 valence electrons. The van der Waals surface area contributed by atoms with Crippen molar-refractivity contribution in [2.24, 2.45) is 5.92 Å². The first-order valence-corrected chi connectivity index (χ1v) is 6.74. The van der Waals surface area contributed by atoms with E-state index in [-0.39, 0.29) is 5.91 Å². The lowest BCUT2D eigenvalue weighted by Gasteiger charge is -2.30. The van der Waals surface area contributed by atoms with E-state index in [0.29, 0.717) is 25.1 Å². The molecular weight excluding hydrogens is 256 g/mol. The van der Waals surface area contributed by atoms with Crippen LogP contribution in [-0.4, -0.2) is 40.0 Å². The minimum Gasteiger partial charge on any atom is -0.481 e. The molecule has 1 atom stereocenters. The summed E-state index contributed by atoms with van der Waals surface area (Å²) in [5.41, 5.74) is 1.52. The lowest BCUT2D eigenvalue weighted by Crippen LogP contribution is -2.42. The quantitative estimate of drug-likeness (QED) is 0.879. The van der Waals surface area contributed by atoms with E-state index in [1.165, 1.54) is 0 Å². The molecule has 2 heterocycles. The first kappa shape index (κ1) is 12.7. The highest BCUT2D eigenvalue weighted by Crippen LogP contribution is 2.20. The summed E-state index contributed by atoms with van der Waals surface area (Å²) in [6, 6.07) is 7.47. The fraction of sp³-hybridized carbons (Fsp3) is 0.333. The first-order valence-electron chi connectivity index (χ1n) is 6.74. The Morgan fingerprint density at radius 1 is 1.30 bits per heavy atom. The van der Waals surface area contributed by atoms with E-state index in [0.717, 1.165) is 17.3 Å². The van der Waals surface area contributed by atoms with E-state index in [9.17, 15) is 9.59 Å². The second-order valence-corrected chi connectivity index (χ2v) is 5.21. The highest BCUT2D eigenvalue weighted by atomic mass is 16.4. The van der Waals surface area contributed by atoms with Gasteiger partial charge in [0.1, 0.15) is 0 Å². The van der Waals surface area contributed by atoms with Gasteiger partial charge in [-0.3, -0.25) is 9.59 Å². The van der Waals surface area contributed by atoms with Crippen molar-refractivity contribution >= 4 is 22.8 Å². The Morgan fingerprint density at radius 3 is 2.95 bits per heavy atom. The summed E-state index contributed by atoms with van der Waals surface area (Å²) in [7, 11) is 0. The van der Waals surface area contributed by atoms with Gasteiger partial charge in [0.15, 0.2) is 0 Å². The standard InChI is InChI=1S/C15H16N2O3/c18-14(17-7-1-2-12(9-17)15(19)20)11-4-3-10-5-6-16-13(10)8-11/h3-6,8,12,16H,1-2,7,9H2,(H,19,20)/t12-/m1/s1. The molecule has 2 aromatic rings. The van der Waals surface area contributed by atoms with Crippen LogP contribution in [0.4, 0.5) is 0 Å². The summed E-state index contributed by atoms with van der Waals surface area (Å²) in [6.45, 7) is 0.933. The molecule has 0 unspecified atom stereocenters. The Hall–Kier alpha value is -2.30. The van der Waals surface area contributed by atoms with Crippen molar-refractivity contribution in [3.63, 3.8) is 0 Å². The Kier molecular flexibility index (Phi) is 3.18. The number of carboxylic acid groups (broad SMARTS) is 1. The smallest absolute Gasteiger partial charge is 0.308 e. The van der Waals surface area contributed by atoms with Crippen LogP contribution >= 0.6 is 0 Å². The normalized spacial score (nSPS) is 19.2. The minimum absolute atomic E-state index is 0.0903. The van der Waals surface area contributed by atoms with Gasteiger partial charge in [0.2, 0.25) is 0 Å². The molecule has 3 rings (SSSR count). The van der Waals surface area contributed by atoms with E-state index >= 15 is 0 Å². The molecule has 1 aliphatic rings. The lowest BCUT2D eigenvalue weighted by atomic mass is 9.97. The number of benzene rings is 1. The van der Waals surface area contributed by atoms with Crippen LogP contribution in [0.25, 0.3) is 10.9 Å². The third kappa shape index (κ3) is 2.27. The third-order valence-electron chi connectivity index (χ3n) is 3.86. The topological polar surface area (TPSA) is 73.4 Å². The number of nitrogens with zero attached hydrogens (tertiary/aromatic N) is 1. The molecular formula is C15H16N2O3. The van der Waals surface area contributed by atoms with Crippen molar-refractivity contribution in [2.75, 3.05) is 13.1 Å². The van der Waals surface area contributed by atoms with Gasteiger partial charge in [-0.15, -0.1) is 0 Å². The zero-order valence-corrected chi connectivity index (χ0v) is 11.0. The molecule has 1 aromatic carbocycles. The molecule has 1 aromatic heterocycles. The largest absolute Gasteiger partial charge is 0.481 e. The number of H-pyrrole nitrogens is 1. The van der Waals surface area contributed by atoms with E-state index in [1.807, 2.05) is 24.4 Å². The highest BCUT2D eigenvalue weighted by Gasteiger charge is 2.28. The van der Waals surface area contributed by atoms with Gasteiger partial charge in [0, 0.05) is 30.4 Å². The van der Waals surface area contributed by atoms with Crippen molar-refractivity contribution in [2.45, 2.75) is 12.8 Å². The number of hydrogen-bond acceptors (Lipinski definition) is 2. The molecule has 0 saturated carbocycles. The third-order valence-corrected chi connectivity index (χ3v) is 3.86. The maximum absolute atomic E-state index is 12.5. The monoisotopic (exact) mass is 272 g/mol. The van der Waals surface area contributed by atoms with Crippen LogP contribution < -0.4 is 0 Å². The number of carbonyl (C=O) groups excluding carboxylic acids is 1. The van der Waals surface area contributed by atoms with Gasteiger partial charge in [0.05, 0.1) is 5.92 Å². The number of aromatic amines is 1. The van der Waals surface area contributed by atoms with Gasteiger partial charge in [-0.25, -0.2) is 0 Å². The molecule has 0 radical (unpaired) electrons. The molecule has 0 spiro atoms. The van der Waals surface area contributed by atoms with Gasteiger partial charge in [-0.05, 0) is 36.4 Å². The number of rotatable bonds is 2. The number of likely N-dealkylation sites (tertiary alicyclic amines) is 1. The van der Waals surface area contributed by atoms with Crippen molar-refractivity contribution in [1.29, 1.82) is 0 Å². The van der Waals surface area contributed by atoms with Gasteiger partial charge in [-0.2, -0.15) is 0 Å². The van der Waals surface area contributed by atoms with Crippen LogP contribution in [0.5, 0.6) is 0 Å². The second-order valence-electron chi connectivity index (χ2n) is 5.21. The first-order chi connectivity index (χ1) is 9.65. The van der Waals surface area contributed by atoms with Gasteiger partial charge in [0.25, 0.3) is 5.91 Å². The lowest BCUT2D eigenvalue weighted by molar-refractivity contribution is -0.143. The predicted octanol–water partition coefficient (Wildman–Crippen LogP) is 2.10. The zero-order chi connectivity index (χ0) is 14.1. The number of carbonyl (C=O) groups is 2. The number of nitrogens with one attached hydrogen (secondary N) is 1. The number of aliphatic carboxylic acids is 1. The highest BCUT2D eigenvalue weighted by molar-refractivity contribution is 5.98. The number of fused-ring (bicyclic) bond motifs is 1. The van der Waals surface area contributed by atoms with Crippen LogP contribution in [0.15, 0.2) is 30.5 Å². The van der Waals surface area contributed by atoms with Crippen LogP contribution in [0.1, 0.15) is 23.2 Å². The van der Waals surface area contributed by atoms with Crippen LogP contribution in [-0.2, 0) is 4.79 Å². The molecule has 5 heteroatoms. The number of aromatic nitrogens is 1. The molecule has 2 N–H and O–H groups in total. The second kappa shape index (κ2) is 5.00. The fourth-order valence-electron chi connectivity index (χ4n) is 2.73. The summed E-state index contributed by atoms with van der Waals surface area (Å²) in [4.78, 5) is 28.2. The zero-order valence-electron chi connectivity index (χ0n) is 11.0. The number of amides is 1. The Balaban J connectivity index is 1.82. The maximum atomic E-state index is 12.5. The predicted molar refractivity (Wildman–Crippen MR) is 74.6 cm³/mol. The van der Waals surface area contributed by atoms with E-state index < -0.39 is 11.9 Å². The summed E-state index contributed by atoms with van der Waals surface area (Å²) in [5, 5.41) is 10.1. The molecule has 1 amide bonds. The van der Waals surface area contributed by atoms with E-state index in [1.54, 1.807) is 11.0 Å². The molecule has 0 bridgehead atoms. The van der Waals surface area contributed by atoms with Crippen LogP contribution in [0.2, 0.25) is 0 Å². The van der Waals surface area contributed by atoms with Gasteiger partial charge < -0.3 is 15.0 Å². The summed E-state index contributed by atoms with van der Waals surface area (Å²) < 4.78 is 0. The van der Waals surface area contributed by atoms with Crippen LogP contribution in [0.3, 0.4) is 0 Å². The Labute approximate surface area is 116 Å². The van der Waals surface area contributed by atoms with Crippen molar-refractivity contribution < 1.29 is 14.7 Å². The van der Waals surface area contributed by atoms with Gasteiger partial charge >= 0.3 is 5.97 Å². The molecule has 0 aliphatic carbocycles. The molecule has 5 nitrogen and oxygen atoms in total. The summed E-state index contributed by atoms with van der Waals surface area (Å²) in [5.74, 6) is -1.35. The number of piperidine rings is 1. The fourth-order valence-corrected chi connectivity index (χ4v) is 2.73. The van der Waals surface area contributed by atoms with E-state index in [2.05, 4.69) is 4.98 Å². The minimum atomic E-state index is -0.817. The summed E-state index contributed by atoms with van der Waals surface area (Å²) in [6.07, 6.45) is 3.22. The number of hydrogen-bond donors (Lipinski definition) is 2. The van der Waals surface area contributed by atoms with Crippen molar-refractivity contribution in [1.82, 2.24) is 9.88 Å². The van der Waals surface area contributed by atoms with Crippen molar-refractivity contribution in [3.8, 4) is 0 Å². The Morgan fingerprint density at radius 2 is 2.15 bits per heavy atom. The average Bonchev–Trinajstić information content (AvgIpc) is 2.94. The Bertz CT molecular complexity index is 662. The molecule has 1 aliphatic heterocycles. The van der Waals surface area contributed by atoms with Crippen LogP contribution in [0, 0.1) is 5.92 Å². The number of carboxylic acids is 1. The molecule has 1 saturated heterocycles. The maximum Gasteiger partial charge on any atom is 0.308 e. The SMILES string of the molecule is O=C(O)[C@@H]1CCCN(C(=O)c2ccc3cc[nH]c3c2)C1. The van der Waals surface area contributed by atoms with Gasteiger partial charge in [-0.1, -0.05) is 6.07 Å². The molecule has 20 heavy (non-hydrogen) atoms.